The van der Waals surface area contributed by atoms with Crippen molar-refractivity contribution in [2.75, 3.05) is 14.2 Å². The molecule has 0 radical (unpaired) electrons. The predicted octanol–water partition coefficient (Wildman–Crippen LogP) is 4.17. The van der Waals surface area contributed by atoms with Crippen LogP contribution in [-0.4, -0.2) is 24.0 Å². The first kappa shape index (κ1) is 19.0. The Kier molecular flexibility index (Phi) is 5.27. The molecule has 0 amide bonds. The zero-order valence-corrected chi connectivity index (χ0v) is 16.3. The van der Waals surface area contributed by atoms with E-state index in [0.29, 0.717) is 17.1 Å². The minimum absolute atomic E-state index is 0.000728. The third-order valence-electron chi connectivity index (χ3n) is 4.03. The molecule has 3 aromatic rings. The van der Waals surface area contributed by atoms with Gasteiger partial charge in [-0.2, -0.15) is 5.10 Å². The molecule has 2 aromatic carbocycles. The molecule has 0 aliphatic carbocycles. The molecular weight excluding hydrogens is 422 g/mol. The second-order valence-electron chi connectivity index (χ2n) is 5.66. The van der Waals surface area contributed by atoms with Gasteiger partial charge in [-0.15, -0.1) is 0 Å². The Bertz CT molecular complexity index is 1040. The highest BCUT2D eigenvalue weighted by atomic mass is 79.9. The standard InChI is InChI=1S/C19H15BrF2N2O3/c1-24-19(25)17(20)16(15-13(21)5-4-6-14(15)22)18(23-24)10-7-11(26-2)9-12(8-10)27-3/h4-9H,1-3H3. The lowest BCUT2D eigenvalue weighted by Gasteiger charge is -2.15. The Morgan fingerprint density at radius 2 is 1.56 bits per heavy atom. The normalized spacial score (nSPS) is 10.7. The first-order valence-corrected chi connectivity index (χ1v) is 8.61. The average molecular weight is 437 g/mol. The van der Waals surface area contributed by atoms with Crippen LogP contribution in [0.2, 0.25) is 0 Å². The Labute approximate surface area is 162 Å². The quantitative estimate of drug-likeness (QED) is 0.615. The number of aromatic nitrogens is 2. The van der Waals surface area contributed by atoms with Crippen molar-refractivity contribution in [1.29, 1.82) is 0 Å². The highest BCUT2D eigenvalue weighted by Crippen LogP contribution is 2.39. The van der Waals surface area contributed by atoms with E-state index in [2.05, 4.69) is 21.0 Å². The number of halogens is 3. The monoisotopic (exact) mass is 436 g/mol. The number of rotatable bonds is 4. The molecule has 27 heavy (non-hydrogen) atoms. The molecule has 0 atom stereocenters. The number of hydrogen-bond donors (Lipinski definition) is 0. The van der Waals surface area contributed by atoms with Gasteiger partial charge in [-0.05, 0) is 40.2 Å². The van der Waals surface area contributed by atoms with E-state index in [-0.39, 0.29) is 21.3 Å². The summed E-state index contributed by atoms with van der Waals surface area (Å²) >= 11 is 3.19. The van der Waals surface area contributed by atoms with E-state index in [1.807, 2.05) is 0 Å². The lowest BCUT2D eigenvalue weighted by atomic mass is 9.98. The zero-order chi connectivity index (χ0) is 19.7. The number of nitrogens with zero attached hydrogens (tertiary/aromatic N) is 2. The van der Waals surface area contributed by atoms with Crippen LogP contribution in [0.5, 0.6) is 11.5 Å². The topological polar surface area (TPSA) is 53.4 Å². The molecule has 0 N–H and O–H groups in total. The molecule has 0 aliphatic heterocycles. The summed E-state index contributed by atoms with van der Waals surface area (Å²) in [6, 6.07) is 8.44. The summed E-state index contributed by atoms with van der Waals surface area (Å²) in [4.78, 5) is 12.4. The van der Waals surface area contributed by atoms with E-state index < -0.39 is 17.2 Å². The third kappa shape index (κ3) is 3.44. The van der Waals surface area contributed by atoms with Gasteiger partial charge in [-0.3, -0.25) is 4.79 Å². The van der Waals surface area contributed by atoms with Gasteiger partial charge in [0.1, 0.15) is 28.8 Å². The van der Waals surface area contributed by atoms with Crippen LogP contribution in [0.4, 0.5) is 8.78 Å². The van der Waals surface area contributed by atoms with Crippen LogP contribution in [0.15, 0.2) is 45.7 Å². The lowest BCUT2D eigenvalue weighted by molar-refractivity contribution is 0.394. The number of ether oxygens (including phenoxy) is 2. The van der Waals surface area contributed by atoms with Gasteiger partial charge < -0.3 is 9.47 Å². The molecule has 0 aliphatic rings. The van der Waals surface area contributed by atoms with Gasteiger partial charge in [0.15, 0.2) is 0 Å². The minimum Gasteiger partial charge on any atom is -0.497 e. The molecule has 3 rings (SSSR count). The Hall–Kier alpha value is -2.74. The second-order valence-corrected chi connectivity index (χ2v) is 6.46. The molecule has 0 spiro atoms. The predicted molar refractivity (Wildman–Crippen MR) is 101 cm³/mol. The molecule has 0 unspecified atom stereocenters. The molecule has 0 bridgehead atoms. The van der Waals surface area contributed by atoms with E-state index in [9.17, 15) is 13.6 Å². The molecular formula is C19H15BrF2N2O3. The Morgan fingerprint density at radius 1 is 1.00 bits per heavy atom. The fourth-order valence-corrected chi connectivity index (χ4v) is 3.35. The zero-order valence-electron chi connectivity index (χ0n) is 14.7. The summed E-state index contributed by atoms with van der Waals surface area (Å²) < 4.78 is 40.6. The maximum atomic E-state index is 14.5. The van der Waals surface area contributed by atoms with Gasteiger partial charge in [0.2, 0.25) is 0 Å². The first-order chi connectivity index (χ1) is 12.9. The number of benzene rings is 2. The Balaban J connectivity index is 2.43. The lowest BCUT2D eigenvalue weighted by Crippen LogP contribution is -2.22. The fourth-order valence-electron chi connectivity index (χ4n) is 2.71. The molecule has 1 heterocycles. The van der Waals surface area contributed by atoms with Crippen molar-refractivity contribution in [2.45, 2.75) is 0 Å². The highest BCUT2D eigenvalue weighted by molar-refractivity contribution is 9.10. The number of aryl methyl sites for hydroxylation is 1. The van der Waals surface area contributed by atoms with Gasteiger partial charge in [-0.1, -0.05) is 6.07 Å². The van der Waals surface area contributed by atoms with Gasteiger partial charge in [0.05, 0.1) is 24.3 Å². The summed E-state index contributed by atoms with van der Waals surface area (Å²) in [5.41, 5.74) is -0.174. The SMILES string of the molecule is COc1cc(OC)cc(-c2nn(C)c(=O)c(Br)c2-c2c(F)cccc2F)c1. The van der Waals surface area contributed by atoms with E-state index in [4.69, 9.17) is 9.47 Å². The maximum absolute atomic E-state index is 14.5. The van der Waals surface area contributed by atoms with Crippen molar-refractivity contribution in [1.82, 2.24) is 9.78 Å². The maximum Gasteiger partial charge on any atom is 0.281 e. The van der Waals surface area contributed by atoms with Gasteiger partial charge >= 0.3 is 0 Å². The molecule has 140 valence electrons. The van der Waals surface area contributed by atoms with Crippen LogP contribution in [0, 0.1) is 11.6 Å². The Morgan fingerprint density at radius 3 is 2.07 bits per heavy atom. The van der Waals surface area contributed by atoms with Crippen LogP contribution in [-0.2, 0) is 7.05 Å². The second kappa shape index (κ2) is 7.48. The van der Waals surface area contributed by atoms with E-state index in [0.717, 1.165) is 16.8 Å². The van der Waals surface area contributed by atoms with Gasteiger partial charge in [0.25, 0.3) is 5.56 Å². The molecule has 0 saturated heterocycles. The van der Waals surface area contributed by atoms with Crippen molar-refractivity contribution in [2.24, 2.45) is 7.05 Å². The van der Waals surface area contributed by atoms with E-state index in [1.165, 1.54) is 27.3 Å². The molecule has 5 nitrogen and oxygen atoms in total. The van der Waals surface area contributed by atoms with Crippen LogP contribution in [0.25, 0.3) is 22.4 Å². The van der Waals surface area contributed by atoms with E-state index in [1.54, 1.807) is 18.2 Å². The fraction of sp³-hybridized carbons (Fsp3) is 0.158. The molecule has 0 saturated carbocycles. The molecule has 1 aromatic heterocycles. The largest absolute Gasteiger partial charge is 0.497 e. The summed E-state index contributed by atoms with van der Waals surface area (Å²) in [7, 11) is 4.43. The van der Waals surface area contributed by atoms with Crippen LogP contribution >= 0.6 is 15.9 Å². The average Bonchev–Trinajstić information content (AvgIpc) is 2.66. The van der Waals surface area contributed by atoms with Crippen molar-refractivity contribution in [3.63, 3.8) is 0 Å². The van der Waals surface area contributed by atoms with Crippen molar-refractivity contribution >= 4 is 15.9 Å². The van der Waals surface area contributed by atoms with Crippen molar-refractivity contribution < 1.29 is 18.3 Å². The first-order valence-electron chi connectivity index (χ1n) is 7.82. The summed E-state index contributed by atoms with van der Waals surface area (Å²) in [6.45, 7) is 0. The number of hydrogen-bond acceptors (Lipinski definition) is 4. The van der Waals surface area contributed by atoms with Gasteiger partial charge in [-0.25, -0.2) is 13.5 Å². The minimum atomic E-state index is -0.804. The van der Waals surface area contributed by atoms with Crippen LogP contribution in [0.1, 0.15) is 0 Å². The van der Waals surface area contributed by atoms with Crippen molar-refractivity contribution in [3.8, 4) is 33.9 Å². The number of methoxy groups -OCH3 is 2. The molecule has 0 fully saturated rings. The van der Waals surface area contributed by atoms with Crippen LogP contribution < -0.4 is 15.0 Å². The van der Waals surface area contributed by atoms with Crippen LogP contribution in [0.3, 0.4) is 0 Å². The van der Waals surface area contributed by atoms with E-state index >= 15 is 0 Å². The van der Waals surface area contributed by atoms with Crippen molar-refractivity contribution in [3.05, 3.63) is 62.9 Å². The third-order valence-corrected chi connectivity index (χ3v) is 4.76. The highest BCUT2D eigenvalue weighted by Gasteiger charge is 2.23. The summed E-state index contributed by atoms with van der Waals surface area (Å²) in [5.74, 6) is -0.670. The molecule has 8 heteroatoms. The smallest absolute Gasteiger partial charge is 0.281 e. The summed E-state index contributed by atoms with van der Waals surface area (Å²) in [6.07, 6.45) is 0. The van der Waals surface area contributed by atoms with Gasteiger partial charge in [0, 0.05) is 24.2 Å². The summed E-state index contributed by atoms with van der Waals surface area (Å²) in [5, 5.41) is 4.24.